The summed E-state index contributed by atoms with van der Waals surface area (Å²) in [5, 5.41) is 4.01. The number of likely N-dealkylation sites (tertiary alicyclic amines) is 1. The Kier molecular flexibility index (Phi) is 6.09. The zero-order valence-electron chi connectivity index (χ0n) is 12.8. The minimum atomic E-state index is 0. The second kappa shape index (κ2) is 7.64. The van der Waals surface area contributed by atoms with E-state index in [0.29, 0.717) is 16.6 Å². The standard InChI is InChI=1S/C16H22ClN3O.ClH/c1-12-8-13(10-14(17)9-12)16(21)20-5-2-15(11-20)19-6-3-18-4-7-19;/h8-10,15,18H,2-7,11H2,1H3;1H. The van der Waals surface area contributed by atoms with Gasteiger partial charge in [0, 0.05) is 55.9 Å². The zero-order valence-corrected chi connectivity index (χ0v) is 14.4. The molecule has 2 fully saturated rings. The number of rotatable bonds is 2. The molecule has 2 aliphatic heterocycles. The largest absolute Gasteiger partial charge is 0.337 e. The molecule has 1 aromatic carbocycles. The van der Waals surface area contributed by atoms with Crippen LogP contribution in [0.5, 0.6) is 0 Å². The van der Waals surface area contributed by atoms with E-state index in [2.05, 4.69) is 10.2 Å². The summed E-state index contributed by atoms with van der Waals surface area (Å²) in [6.07, 6.45) is 1.07. The van der Waals surface area contributed by atoms with Crippen LogP contribution in [0.3, 0.4) is 0 Å². The van der Waals surface area contributed by atoms with E-state index in [9.17, 15) is 4.79 Å². The number of carbonyl (C=O) groups excluding carboxylic acids is 1. The highest BCUT2D eigenvalue weighted by atomic mass is 35.5. The van der Waals surface area contributed by atoms with Crippen molar-refractivity contribution < 1.29 is 4.79 Å². The van der Waals surface area contributed by atoms with Crippen LogP contribution in [0.25, 0.3) is 0 Å². The molecule has 0 saturated carbocycles. The smallest absolute Gasteiger partial charge is 0.253 e. The molecule has 1 aromatic rings. The summed E-state index contributed by atoms with van der Waals surface area (Å²) in [4.78, 5) is 17.1. The molecule has 0 radical (unpaired) electrons. The summed E-state index contributed by atoms with van der Waals surface area (Å²) in [7, 11) is 0. The fourth-order valence-corrected chi connectivity index (χ4v) is 3.60. The first kappa shape index (κ1) is 17.5. The van der Waals surface area contributed by atoms with Gasteiger partial charge >= 0.3 is 0 Å². The molecular formula is C16H23Cl2N3O. The molecule has 6 heteroatoms. The van der Waals surface area contributed by atoms with Crippen LogP contribution in [0.4, 0.5) is 0 Å². The van der Waals surface area contributed by atoms with Crippen LogP contribution in [0.1, 0.15) is 22.3 Å². The second-order valence-corrected chi connectivity index (χ2v) is 6.43. The SMILES string of the molecule is Cc1cc(Cl)cc(C(=O)N2CCC(N3CCNCC3)C2)c1.Cl. The van der Waals surface area contributed by atoms with E-state index in [1.807, 2.05) is 24.0 Å². The number of hydrogen-bond donors (Lipinski definition) is 1. The van der Waals surface area contributed by atoms with Crippen LogP contribution in [-0.4, -0.2) is 61.0 Å². The summed E-state index contributed by atoms with van der Waals surface area (Å²) in [5.74, 6) is 0.109. The molecular weight excluding hydrogens is 321 g/mol. The molecule has 22 heavy (non-hydrogen) atoms. The van der Waals surface area contributed by atoms with Crippen molar-refractivity contribution in [3.05, 3.63) is 34.3 Å². The second-order valence-electron chi connectivity index (χ2n) is 6.00. The van der Waals surface area contributed by atoms with E-state index >= 15 is 0 Å². The Balaban J connectivity index is 0.00000176. The lowest BCUT2D eigenvalue weighted by Crippen LogP contribution is -2.49. The Morgan fingerprint density at radius 2 is 1.95 bits per heavy atom. The van der Waals surface area contributed by atoms with Crippen molar-refractivity contribution >= 4 is 29.9 Å². The zero-order chi connectivity index (χ0) is 14.8. The molecule has 0 aromatic heterocycles. The molecule has 4 nitrogen and oxygen atoms in total. The first-order chi connectivity index (χ1) is 10.1. The quantitative estimate of drug-likeness (QED) is 0.893. The van der Waals surface area contributed by atoms with Crippen LogP contribution >= 0.6 is 24.0 Å². The Morgan fingerprint density at radius 1 is 1.23 bits per heavy atom. The fourth-order valence-electron chi connectivity index (χ4n) is 3.31. The van der Waals surface area contributed by atoms with Gasteiger partial charge in [0.05, 0.1) is 0 Å². The van der Waals surface area contributed by atoms with Crippen molar-refractivity contribution in [1.29, 1.82) is 0 Å². The summed E-state index contributed by atoms with van der Waals surface area (Å²) >= 11 is 6.07. The number of nitrogens with zero attached hydrogens (tertiary/aromatic N) is 2. The van der Waals surface area contributed by atoms with Crippen LogP contribution in [0, 0.1) is 6.92 Å². The van der Waals surface area contributed by atoms with Gasteiger partial charge in [0.25, 0.3) is 5.91 Å². The third kappa shape index (κ3) is 3.93. The lowest BCUT2D eigenvalue weighted by Gasteiger charge is -2.32. The molecule has 122 valence electrons. The van der Waals surface area contributed by atoms with E-state index in [4.69, 9.17) is 11.6 Å². The van der Waals surface area contributed by atoms with Gasteiger partial charge in [0.2, 0.25) is 0 Å². The van der Waals surface area contributed by atoms with Gasteiger partial charge in [0.1, 0.15) is 0 Å². The van der Waals surface area contributed by atoms with Gasteiger partial charge in [-0.15, -0.1) is 12.4 Å². The van der Waals surface area contributed by atoms with Gasteiger partial charge in [0.15, 0.2) is 0 Å². The van der Waals surface area contributed by atoms with Gasteiger partial charge in [-0.05, 0) is 37.1 Å². The van der Waals surface area contributed by atoms with Gasteiger partial charge in [-0.3, -0.25) is 9.69 Å². The lowest BCUT2D eigenvalue weighted by atomic mass is 10.1. The highest BCUT2D eigenvalue weighted by Crippen LogP contribution is 2.21. The van der Waals surface area contributed by atoms with Gasteiger partial charge < -0.3 is 10.2 Å². The van der Waals surface area contributed by atoms with Crippen molar-refractivity contribution in [2.45, 2.75) is 19.4 Å². The number of carbonyl (C=O) groups is 1. The summed E-state index contributed by atoms with van der Waals surface area (Å²) in [6.45, 7) is 7.93. The Bertz CT molecular complexity index is 512. The third-order valence-corrected chi connectivity index (χ3v) is 4.63. The third-order valence-electron chi connectivity index (χ3n) is 4.41. The maximum atomic E-state index is 12.6. The predicted molar refractivity (Wildman–Crippen MR) is 92.2 cm³/mol. The van der Waals surface area contributed by atoms with Crippen LogP contribution < -0.4 is 5.32 Å². The fraction of sp³-hybridized carbons (Fsp3) is 0.562. The molecule has 3 rings (SSSR count). The van der Waals surface area contributed by atoms with Gasteiger partial charge in [-0.2, -0.15) is 0 Å². The molecule has 1 amide bonds. The Hall–Kier alpha value is -0.810. The molecule has 0 spiro atoms. The van der Waals surface area contributed by atoms with Gasteiger partial charge in [-0.1, -0.05) is 11.6 Å². The van der Waals surface area contributed by atoms with Crippen LogP contribution in [0.15, 0.2) is 18.2 Å². The first-order valence-electron chi connectivity index (χ1n) is 7.65. The van der Waals surface area contributed by atoms with Crippen molar-refractivity contribution in [3.63, 3.8) is 0 Å². The average molecular weight is 344 g/mol. The van der Waals surface area contributed by atoms with Crippen LogP contribution in [-0.2, 0) is 0 Å². The normalized spacial score (nSPS) is 22.5. The summed E-state index contributed by atoms with van der Waals surface area (Å²) in [6, 6.07) is 6.09. The number of hydrogen-bond acceptors (Lipinski definition) is 3. The number of aryl methyl sites for hydroxylation is 1. The van der Waals surface area contributed by atoms with E-state index in [1.165, 1.54) is 0 Å². The van der Waals surface area contributed by atoms with E-state index in [-0.39, 0.29) is 18.3 Å². The number of piperazine rings is 1. The first-order valence-corrected chi connectivity index (χ1v) is 8.02. The monoisotopic (exact) mass is 343 g/mol. The van der Waals surface area contributed by atoms with Crippen molar-refractivity contribution in [3.8, 4) is 0 Å². The predicted octanol–water partition coefficient (Wildman–Crippen LogP) is 2.19. The Morgan fingerprint density at radius 3 is 2.64 bits per heavy atom. The molecule has 2 saturated heterocycles. The highest BCUT2D eigenvalue weighted by molar-refractivity contribution is 6.31. The van der Waals surface area contributed by atoms with Gasteiger partial charge in [-0.25, -0.2) is 0 Å². The van der Waals surface area contributed by atoms with E-state index in [1.54, 1.807) is 6.07 Å². The lowest BCUT2D eigenvalue weighted by molar-refractivity contribution is 0.0773. The molecule has 0 bridgehead atoms. The minimum Gasteiger partial charge on any atom is -0.337 e. The molecule has 1 N–H and O–H groups in total. The molecule has 1 atom stereocenters. The molecule has 0 aliphatic carbocycles. The maximum absolute atomic E-state index is 12.6. The summed E-state index contributed by atoms with van der Waals surface area (Å²) < 4.78 is 0. The van der Waals surface area contributed by atoms with E-state index < -0.39 is 0 Å². The number of amides is 1. The topological polar surface area (TPSA) is 35.6 Å². The van der Waals surface area contributed by atoms with Crippen molar-refractivity contribution in [1.82, 2.24) is 15.1 Å². The number of nitrogens with one attached hydrogen (secondary N) is 1. The molecule has 2 heterocycles. The maximum Gasteiger partial charge on any atom is 0.253 e. The molecule has 2 aliphatic rings. The minimum absolute atomic E-state index is 0. The number of halogens is 2. The average Bonchev–Trinajstić information content (AvgIpc) is 2.96. The van der Waals surface area contributed by atoms with Crippen molar-refractivity contribution in [2.24, 2.45) is 0 Å². The van der Waals surface area contributed by atoms with Crippen LogP contribution in [0.2, 0.25) is 5.02 Å². The summed E-state index contributed by atoms with van der Waals surface area (Å²) in [5.41, 5.74) is 1.74. The highest BCUT2D eigenvalue weighted by Gasteiger charge is 2.31. The number of benzene rings is 1. The van der Waals surface area contributed by atoms with Crippen molar-refractivity contribution in [2.75, 3.05) is 39.3 Å². The Labute approximate surface area is 143 Å². The van der Waals surface area contributed by atoms with E-state index in [0.717, 1.165) is 51.3 Å². The molecule has 1 unspecified atom stereocenters.